The third-order valence-corrected chi connectivity index (χ3v) is 4.20. The van der Waals surface area contributed by atoms with Crippen molar-refractivity contribution in [2.45, 2.75) is 51.5 Å². The van der Waals surface area contributed by atoms with Crippen LogP contribution in [0.15, 0.2) is 0 Å². The van der Waals surface area contributed by atoms with Crippen LogP contribution < -0.4 is 0 Å². The molecule has 2 aliphatic rings. The monoisotopic (exact) mass is 239 g/mol. The lowest BCUT2D eigenvalue weighted by molar-refractivity contribution is -0.137. The average molecular weight is 239 g/mol. The Bertz CT molecular complexity index is 255. The van der Waals surface area contributed by atoms with E-state index in [0.29, 0.717) is 6.04 Å². The first kappa shape index (κ1) is 12.9. The number of ether oxygens (including phenoxy) is 1. The molecule has 0 aromatic carbocycles. The molecule has 0 radical (unpaired) electrons. The Morgan fingerprint density at radius 2 is 1.82 bits per heavy atom. The minimum absolute atomic E-state index is 0.158. The van der Waals surface area contributed by atoms with E-state index in [4.69, 9.17) is 4.74 Å². The van der Waals surface area contributed by atoms with Crippen molar-refractivity contribution in [2.75, 3.05) is 20.3 Å². The molecule has 0 saturated heterocycles. The van der Waals surface area contributed by atoms with Crippen LogP contribution in [0, 0.1) is 11.8 Å². The van der Waals surface area contributed by atoms with Gasteiger partial charge in [0.05, 0.1) is 6.61 Å². The average Bonchev–Trinajstić information content (AvgIpc) is 3.13. The van der Waals surface area contributed by atoms with E-state index in [1.807, 2.05) is 11.9 Å². The summed E-state index contributed by atoms with van der Waals surface area (Å²) in [6, 6.07) is 0.447. The summed E-state index contributed by atoms with van der Waals surface area (Å²) in [5.74, 6) is 1.73. The van der Waals surface area contributed by atoms with Crippen molar-refractivity contribution in [2.24, 2.45) is 11.8 Å². The SMILES string of the molecule is CC1CCC(N(C)C(=O)COCC2CC2)CC1. The molecule has 0 atom stereocenters. The summed E-state index contributed by atoms with van der Waals surface area (Å²) in [4.78, 5) is 13.8. The third-order valence-electron chi connectivity index (χ3n) is 4.20. The quantitative estimate of drug-likeness (QED) is 0.737. The van der Waals surface area contributed by atoms with Crippen molar-refractivity contribution in [3.8, 4) is 0 Å². The zero-order valence-electron chi connectivity index (χ0n) is 11.2. The number of likely N-dealkylation sites (N-methyl/N-ethyl adjacent to an activating group) is 1. The second-order valence-corrected chi connectivity index (χ2v) is 5.88. The molecule has 0 aliphatic heterocycles. The number of amides is 1. The smallest absolute Gasteiger partial charge is 0.248 e. The fraction of sp³-hybridized carbons (Fsp3) is 0.929. The van der Waals surface area contributed by atoms with Gasteiger partial charge in [-0.15, -0.1) is 0 Å². The summed E-state index contributed by atoms with van der Waals surface area (Å²) < 4.78 is 5.46. The molecule has 0 aromatic rings. The van der Waals surface area contributed by atoms with Gasteiger partial charge in [-0.3, -0.25) is 4.79 Å². The number of nitrogens with zero attached hydrogens (tertiary/aromatic N) is 1. The lowest BCUT2D eigenvalue weighted by atomic mass is 9.87. The van der Waals surface area contributed by atoms with Crippen LogP contribution in [-0.2, 0) is 9.53 Å². The highest BCUT2D eigenvalue weighted by Crippen LogP contribution is 2.29. The molecule has 0 bridgehead atoms. The van der Waals surface area contributed by atoms with Gasteiger partial charge in [0.2, 0.25) is 5.91 Å². The van der Waals surface area contributed by atoms with E-state index in [2.05, 4.69) is 6.92 Å². The summed E-state index contributed by atoms with van der Waals surface area (Å²) in [6.07, 6.45) is 7.39. The molecule has 2 rings (SSSR count). The Balaban J connectivity index is 1.66. The molecule has 0 aromatic heterocycles. The third kappa shape index (κ3) is 3.98. The fourth-order valence-electron chi connectivity index (χ4n) is 2.53. The largest absolute Gasteiger partial charge is 0.371 e. The van der Waals surface area contributed by atoms with Gasteiger partial charge in [-0.05, 0) is 50.4 Å². The summed E-state index contributed by atoms with van der Waals surface area (Å²) in [5, 5.41) is 0. The van der Waals surface area contributed by atoms with E-state index >= 15 is 0 Å². The standard InChI is InChI=1S/C14H25NO2/c1-11-3-7-13(8-4-11)15(2)14(16)10-17-9-12-5-6-12/h11-13H,3-10H2,1-2H3. The first-order valence-electron chi connectivity index (χ1n) is 7.00. The molecule has 3 nitrogen and oxygen atoms in total. The summed E-state index contributed by atoms with van der Waals surface area (Å²) in [6.45, 7) is 3.36. The number of carbonyl (C=O) groups excluding carboxylic acids is 1. The van der Waals surface area contributed by atoms with Gasteiger partial charge in [0.15, 0.2) is 0 Å². The number of carbonyl (C=O) groups is 1. The predicted molar refractivity (Wildman–Crippen MR) is 67.7 cm³/mol. The predicted octanol–water partition coefficient (Wildman–Crippen LogP) is 2.45. The van der Waals surface area contributed by atoms with E-state index in [1.165, 1.54) is 25.7 Å². The van der Waals surface area contributed by atoms with Crippen LogP contribution >= 0.6 is 0 Å². The highest BCUT2D eigenvalue weighted by Gasteiger charge is 2.26. The van der Waals surface area contributed by atoms with Crippen LogP contribution in [0.4, 0.5) is 0 Å². The van der Waals surface area contributed by atoms with Crippen LogP contribution in [0.3, 0.4) is 0 Å². The maximum Gasteiger partial charge on any atom is 0.248 e. The zero-order valence-corrected chi connectivity index (χ0v) is 11.2. The first-order chi connectivity index (χ1) is 8.16. The van der Waals surface area contributed by atoms with E-state index in [1.54, 1.807) is 0 Å². The molecular weight excluding hydrogens is 214 g/mol. The van der Waals surface area contributed by atoms with Gasteiger partial charge < -0.3 is 9.64 Å². The normalized spacial score (nSPS) is 29.1. The minimum Gasteiger partial charge on any atom is -0.371 e. The Kier molecular flexibility index (Phi) is 4.43. The minimum atomic E-state index is 0.158. The summed E-state index contributed by atoms with van der Waals surface area (Å²) >= 11 is 0. The Labute approximate surface area is 105 Å². The molecule has 0 unspecified atom stereocenters. The second kappa shape index (κ2) is 5.85. The van der Waals surface area contributed by atoms with Gasteiger partial charge in [-0.25, -0.2) is 0 Å². The van der Waals surface area contributed by atoms with Gasteiger partial charge in [-0.2, -0.15) is 0 Å². The molecule has 1 amide bonds. The first-order valence-corrected chi connectivity index (χ1v) is 7.00. The van der Waals surface area contributed by atoms with Gasteiger partial charge >= 0.3 is 0 Å². The highest BCUT2D eigenvalue weighted by atomic mass is 16.5. The molecule has 0 N–H and O–H groups in total. The highest BCUT2D eigenvalue weighted by molar-refractivity contribution is 5.77. The Hall–Kier alpha value is -0.570. The fourth-order valence-corrected chi connectivity index (χ4v) is 2.53. The van der Waals surface area contributed by atoms with Crippen molar-refractivity contribution in [1.82, 2.24) is 4.90 Å². The number of hydrogen-bond acceptors (Lipinski definition) is 2. The zero-order chi connectivity index (χ0) is 12.3. The van der Waals surface area contributed by atoms with Gasteiger partial charge in [0, 0.05) is 13.1 Å². The van der Waals surface area contributed by atoms with Crippen molar-refractivity contribution in [3.05, 3.63) is 0 Å². The molecule has 2 saturated carbocycles. The van der Waals surface area contributed by atoms with Crippen LogP contribution in [0.5, 0.6) is 0 Å². The Morgan fingerprint density at radius 3 is 2.41 bits per heavy atom. The lowest BCUT2D eigenvalue weighted by Gasteiger charge is -2.33. The number of rotatable bonds is 5. The van der Waals surface area contributed by atoms with Crippen molar-refractivity contribution >= 4 is 5.91 Å². The molecule has 98 valence electrons. The molecule has 3 heteroatoms. The topological polar surface area (TPSA) is 29.5 Å². The maximum absolute atomic E-state index is 11.9. The van der Waals surface area contributed by atoms with Crippen molar-refractivity contribution in [1.29, 1.82) is 0 Å². The van der Waals surface area contributed by atoms with Gasteiger partial charge in [0.1, 0.15) is 6.61 Å². The van der Waals surface area contributed by atoms with Crippen molar-refractivity contribution < 1.29 is 9.53 Å². The van der Waals surface area contributed by atoms with Crippen molar-refractivity contribution in [3.63, 3.8) is 0 Å². The number of hydrogen-bond donors (Lipinski definition) is 0. The second-order valence-electron chi connectivity index (χ2n) is 5.88. The van der Waals surface area contributed by atoms with Crippen LogP contribution in [-0.4, -0.2) is 37.1 Å². The van der Waals surface area contributed by atoms with Crippen LogP contribution in [0.1, 0.15) is 45.4 Å². The van der Waals surface area contributed by atoms with E-state index in [9.17, 15) is 4.79 Å². The molecular formula is C14H25NO2. The summed E-state index contributed by atoms with van der Waals surface area (Å²) in [5.41, 5.74) is 0. The lowest BCUT2D eigenvalue weighted by Crippen LogP contribution is -2.41. The van der Waals surface area contributed by atoms with E-state index < -0.39 is 0 Å². The molecule has 0 spiro atoms. The molecule has 0 heterocycles. The molecule has 2 aliphatic carbocycles. The van der Waals surface area contributed by atoms with Gasteiger partial charge in [-0.1, -0.05) is 6.92 Å². The summed E-state index contributed by atoms with van der Waals surface area (Å²) in [7, 11) is 1.93. The maximum atomic E-state index is 11.9. The van der Waals surface area contributed by atoms with E-state index in [-0.39, 0.29) is 12.5 Å². The van der Waals surface area contributed by atoms with E-state index in [0.717, 1.165) is 31.3 Å². The molecule has 2 fully saturated rings. The van der Waals surface area contributed by atoms with Crippen LogP contribution in [0.2, 0.25) is 0 Å². The Morgan fingerprint density at radius 1 is 1.18 bits per heavy atom. The van der Waals surface area contributed by atoms with Crippen LogP contribution in [0.25, 0.3) is 0 Å². The molecule has 17 heavy (non-hydrogen) atoms. The van der Waals surface area contributed by atoms with Gasteiger partial charge in [0.25, 0.3) is 0 Å².